The van der Waals surface area contributed by atoms with Crippen molar-refractivity contribution in [3.63, 3.8) is 0 Å². The van der Waals surface area contributed by atoms with E-state index in [1.54, 1.807) is 114 Å². The molecule has 8 aromatic carbocycles. The summed E-state index contributed by atoms with van der Waals surface area (Å²) in [6.07, 6.45) is -5.68. The Labute approximate surface area is 847 Å². The van der Waals surface area contributed by atoms with Gasteiger partial charge < -0.3 is 49.8 Å². The smallest absolute Gasteiger partial charge is 0.477 e. The van der Waals surface area contributed by atoms with Gasteiger partial charge in [-0.05, 0) is 316 Å². The molecule has 0 spiro atoms. The van der Waals surface area contributed by atoms with Crippen LogP contribution in [0.3, 0.4) is 0 Å². The Balaban J connectivity index is 0.000000138. The molecule has 4 aliphatic rings. The van der Waals surface area contributed by atoms with E-state index in [1.807, 2.05) is 86.6 Å². The number of anilines is 3. The van der Waals surface area contributed by atoms with Crippen molar-refractivity contribution < 1.29 is 86.3 Å². The second kappa shape index (κ2) is 47.5. The number of ketones is 1. The molecule has 0 saturated carbocycles. The number of nitrogens with one attached hydrogen (secondary N) is 1. The lowest BCUT2D eigenvalue weighted by atomic mass is 9.89. The van der Waals surface area contributed by atoms with Gasteiger partial charge in [-0.1, -0.05) is 121 Å². The Morgan fingerprint density at radius 1 is 0.432 bits per heavy atom. The van der Waals surface area contributed by atoms with Crippen LogP contribution in [0.5, 0.6) is 23.0 Å². The third kappa shape index (κ3) is 28.8. The molecule has 146 heavy (non-hydrogen) atoms. The number of carbonyl (C=O) groups excluding carboxylic acids is 1. The van der Waals surface area contributed by atoms with Gasteiger partial charge in [0.1, 0.15) is 62.6 Å². The fraction of sp³-hybridized carbons (Fsp3) is 0.284. The molecule has 4 N–H and O–H groups in total. The number of ether oxygens (including phenoxy) is 4. The van der Waals surface area contributed by atoms with E-state index in [0.29, 0.717) is 93.5 Å². The topological polar surface area (TPSA) is 253 Å². The standard InChI is InChI=1S/C33H30ClF3N4O2.C22H22F3N3O.C22H18F3N3O.C12H14F3NO.C10H9ClN2O2.C10H5ClN2/c1-2-27-32(41-20-25(34)8-14-31(41)38-27)29(42)12-4-21-3-11-28-24(19-21)7-13-30(39-28)40-17-15-23(16-18-40)22-5-9-26(10-6-22)43-33(35,36)37;2*23-22(24,25)29-19-5-2-16(3-6-19)17-9-11-28(12-10-17)21-8-4-18-13-15(14-26)1-7-20(18)27-21;13-12(14,15)17-11-3-1-9(2-4-11)10-5-7-16-8-6-10;1-2-7-9(10(14)15)13-5-6(11)3-4-8(13)12-7;1-12-8-3-4-9-7(6-8)2-5-10(11)13-9/h3,5-11,13-14,19-20,23H,2,4,12,15-18H2,1H3;1-8,13,17H,9-12,14,26H2;1-8,13,17H,9-12H2;1-4,10,16H,5-8H2;3-5H,2H2,1H3,(H,14,15);2-6H. The van der Waals surface area contributed by atoms with E-state index >= 15 is 0 Å². The molecule has 0 amide bonds. The summed E-state index contributed by atoms with van der Waals surface area (Å²) in [6, 6.07) is 72.6. The van der Waals surface area contributed by atoms with Crippen LogP contribution in [-0.4, -0.2) is 133 Å². The molecule has 0 radical (unpaired) electrons. The largest absolute Gasteiger partial charge is 0.573 e. The van der Waals surface area contributed by atoms with Crippen LogP contribution in [-0.2, 0) is 25.8 Å². The molecular formula is C109H98Cl3F12N15O7. The average molecular weight is 2060 g/mol. The fourth-order valence-corrected chi connectivity index (χ4v) is 18.7. The first kappa shape index (κ1) is 106. The van der Waals surface area contributed by atoms with E-state index in [4.69, 9.17) is 72.4 Å². The minimum atomic E-state index is -4.69. The lowest BCUT2D eigenvalue weighted by Gasteiger charge is -2.33. The first-order valence-corrected chi connectivity index (χ1v) is 48.3. The Morgan fingerprint density at radius 2 is 0.781 bits per heavy atom. The summed E-state index contributed by atoms with van der Waals surface area (Å²) in [7, 11) is 0. The number of hydrogen-bond acceptors (Lipinski definition) is 18. The average Bonchev–Trinajstić information content (AvgIpc) is 1.63. The molecule has 12 heterocycles. The quantitative estimate of drug-likeness (QED) is 0.0294. The van der Waals surface area contributed by atoms with Crippen molar-refractivity contribution >= 4 is 125 Å². The van der Waals surface area contributed by atoms with Gasteiger partial charge in [-0.25, -0.2) is 39.5 Å². The molecule has 4 aliphatic heterocycles. The Bertz CT molecular complexity index is 7330. The Kier molecular flexibility index (Phi) is 34.4. The van der Waals surface area contributed by atoms with Crippen LogP contribution in [0.25, 0.3) is 59.8 Å². The maximum Gasteiger partial charge on any atom is 0.573 e. The molecule has 756 valence electrons. The molecule has 20 rings (SSSR count). The minimum Gasteiger partial charge on any atom is -0.477 e. The monoisotopic (exact) mass is 2060 g/mol. The number of alkyl halides is 12. The van der Waals surface area contributed by atoms with E-state index in [2.05, 4.69) is 89.1 Å². The molecule has 22 nitrogen and oxygen atoms in total. The number of hydrogen-bond donors (Lipinski definition) is 3. The van der Waals surface area contributed by atoms with Gasteiger partial charge in [0, 0.05) is 80.8 Å². The molecule has 4 saturated heterocycles. The summed E-state index contributed by atoms with van der Waals surface area (Å²) < 4.78 is 166. The zero-order chi connectivity index (χ0) is 104. The van der Waals surface area contributed by atoms with Crippen LogP contribution in [0.1, 0.15) is 167 Å². The number of benzene rings is 8. The van der Waals surface area contributed by atoms with Crippen molar-refractivity contribution in [3.05, 3.63) is 343 Å². The normalized spacial score (nSPS) is 14.5. The van der Waals surface area contributed by atoms with Gasteiger partial charge in [0.2, 0.25) is 0 Å². The van der Waals surface area contributed by atoms with Crippen molar-refractivity contribution in [2.75, 3.05) is 67.1 Å². The number of nitriles is 1. The molecule has 37 heteroatoms. The molecule has 0 bridgehead atoms. The SMILES string of the molecule is CCc1nc2ccc(Cl)cn2c1C(=O)CCc1ccc2nc(N3CCC(c4ccc(OC(F)(F)F)cc4)CC3)ccc2c1.CCc1nc2ccc(Cl)cn2c1C(=O)O.FC(F)(F)Oc1ccc(C2CCNCC2)cc1.N#Cc1ccc2nc(N3CCC(c4ccc(OC(F)(F)F)cc4)CC3)ccc2c1.NCc1ccc2nc(N3CCC(c4ccc(OC(F)(F)F)cc4)CC3)ccc2c1.[C-]#[N+]c1ccc2nc(Cl)ccc2c1. The number of nitrogens with zero attached hydrogens (tertiary/aromatic N) is 13. The molecule has 0 atom stereocenters. The number of fused-ring (bicyclic) bond motifs is 6. The zero-order valence-electron chi connectivity index (χ0n) is 78.9. The van der Waals surface area contributed by atoms with Gasteiger partial charge in [-0.3, -0.25) is 13.6 Å². The number of aryl methyl sites for hydroxylation is 3. The van der Waals surface area contributed by atoms with Gasteiger partial charge in [-0.15, -0.1) is 52.7 Å². The van der Waals surface area contributed by atoms with E-state index < -0.39 is 31.4 Å². The predicted molar refractivity (Wildman–Crippen MR) is 540 cm³/mol. The second-order valence-corrected chi connectivity index (χ2v) is 36.3. The van der Waals surface area contributed by atoms with Gasteiger partial charge in [0.25, 0.3) is 0 Å². The van der Waals surface area contributed by atoms with E-state index in [0.717, 1.165) is 210 Å². The van der Waals surface area contributed by atoms with Crippen molar-refractivity contribution in [1.29, 1.82) is 5.26 Å². The number of rotatable bonds is 19. The van der Waals surface area contributed by atoms with Crippen LogP contribution in [0, 0.1) is 17.9 Å². The van der Waals surface area contributed by atoms with Crippen molar-refractivity contribution in [2.45, 2.75) is 147 Å². The second-order valence-electron chi connectivity index (χ2n) is 35.1. The summed E-state index contributed by atoms with van der Waals surface area (Å²) in [5.74, 6) is 2.39. The van der Waals surface area contributed by atoms with Gasteiger partial charge >= 0.3 is 31.4 Å². The van der Waals surface area contributed by atoms with Crippen molar-refractivity contribution in [3.8, 4) is 29.1 Å². The van der Waals surface area contributed by atoms with Crippen LogP contribution >= 0.6 is 34.8 Å². The highest BCUT2D eigenvalue weighted by molar-refractivity contribution is 6.31. The van der Waals surface area contributed by atoms with E-state index in [-0.39, 0.29) is 40.4 Å². The highest BCUT2D eigenvalue weighted by Gasteiger charge is 2.36. The highest BCUT2D eigenvalue weighted by atomic mass is 35.5. The van der Waals surface area contributed by atoms with Gasteiger partial charge in [-0.2, -0.15) is 5.26 Å². The Hall–Kier alpha value is -14.6. The van der Waals surface area contributed by atoms with Crippen molar-refractivity contribution in [2.24, 2.45) is 5.73 Å². The molecule has 8 aromatic heterocycles. The van der Waals surface area contributed by atoms with Crippen LogP contribution < -0.4 is 44.7 Å². The molecule has 0 unspecified atom stereocenters. The van der Waals surface area contributed by atoms with Gasteiger partial charge in [0.15, 0.2) is 17.2 Å². The number of aromatic carboxylic acids is 1. The first-order chi connectivity index (χ1) is 69.9. The molecule has 4 fully saturated rings. The first-order valence-electron chi connectivity index (χ1n) is 47.2. The summed E-state index contributed by atoms with van der Waals surface area (Å²) in [6.45, 7) is 18.1. The number of pyridine rings is 6. The number of aromatic nitrogens is 8. The van der Waals surface area contributed by atoms with E-state index in [9.17, 15) is 62.3 Å². The summed E-state index contributed by atoms with van der Waals surface area (Å²) in [5.41, 5.74) is 20.2. The highest BCUT2D eigenvalue weighted by Crippen LogP contribution is 2.40. The molecule has 16 aromatic rings. The van der Waals surface area contributed by atoms with Crippen molar-refractivity contribution in [1.82, 2.24) is 44.0 Å². The predicted octanol–water partition coefficient (Wildman–Crippen LogP) is 27.3. The minimum absolute atomic E-state index is 0.0363. The summed E-state index contributed by atoms with van der Waals surface area (Å²) in [5, 5.41) is 26.8. The number of carboxylic acid groups (broad SMARTS) is 1. The third-order valence-corrected chi connectivity index (χ3v) is 26.2. The number of imidazole rings is 2. The summed E-state index contributed by atoms with van der Waals surface area (Å²) >= 11 is 17.7. The lowest BCUT2D eigenvalue weighted by molar-refractivity contribution is -0.275. The number of halogens is 15. The zero-order valence-corrected chi connectivity index (χ0v) is 81.1. The maximum absolute atomic E-state index is 13.3. The maximum atomic E-state index is 13.3. The van der Waals surface area contributed by atoms with Gasteiger partial charge in [0.05, 0.1) is 61.7 Å². The van der Waals surface area contributed by atoms with Crippen LogP contribution in [0.15, 0.2) is 255 Å². The molecular weight excluding hydrogens is 1970 g/mol. The number of carbonyl (C=O) groups is 2. The number of nitrogens with two attached hydrogens (primary N) is 1. The Morgan fingerprint density at radius 3 is 1.16 bits per heavy atom. The lowest BCUT2D eigenvalue weighted by Crippen LogP contribution is -2.33. The fourth-order valence-electron chi connectivity index (χ4n) is 18.3. The number of carboxylic acids is 1. The number of Topliss-reactive ketones (excluding diaryl/α,β-unsaturated/α-hetero) is 1. The molecule has 0 aliphatic carbocycles. The van der Waals surface area contributed by atoms with E-state index in [1.165, 1.54) is 52.9 Å². The third-order valence-electron chi connectivity index (χ3n) is 25.5. The van der Waals surface area contributed by atoms with Crippen LogP contribution in [0.4, 0.5) is 75.8 Å². The van der Waals surface area contributed by atoms with Crippen LogP contribution in [0.2, 0.25) is 15.2 Å². The summed E-state index contributed by atoms with van der Waals surface area (Å²) in [4.78, 5) is 61.7. The number of piperidine rings is 4.